The minimum atomic E-state index is 0.301. The molecule has 0 saturated heterocycles. The Morgan fingerprint density at radius 3 is 2.59 bits per heavy atom. The molecule has 4 aliphatic rings. The van der Waals surface area contributed by atoms with Crippen molar-refractivity contribution in [2.75, 3.05) is 0 Å². The Morgan fingerprint density at radius 2 is 1.85 bits per heavy atom. The van der Waals surface area contributed by atoms with Crippen LogP contribution in [0.25, 0.3) is 0 Å². The van der Waals surface area contributed by atoms with Crippen LogP contribution in [0.1, 0.15) is 98.3 Å². The number of ketones is 1. The third kappa shape index (κ3) is 3.04. The zero-order chi connectivity index (χ0) is 19.4. The van der Waals surface area contributed by atoms with Gasteiger partial charge in [-0.25, -0.2) is 0 Å². The summed E-state index contributed by atoms with van der Waals surface area (Å²) in [4.78, 5) is 11.5. The summed E-state index contributed by atoms with van der Waals surface area (Å²) in [6.07, 6.45) is 14.6. The Bertz CT molecular complexity index is 573. The molecule has 0 heterocycles. The van der Waals surface area contributed by atoms with Gasteiger partial charge in [-0.15, -0.1) is 0 Å². The highest BCUT2D eigenvalue weighted by Gasteiger charge is 2.62. The SMILES string of the molecule is CC(=O)CCC(C)C1CCC2C3CCC4CCCCC4(C)C3C[C@H](N)C12C. The molecule has 0 bridgehead atoms. The number of rotatable bonds is 4. The summed E-state index contributed by atoms with van der Waals surface area (Å²) in [5, 5.41) is 0. The number of carbonyl (C=O) groups is 1. The number of hydrogen-bond acceptors (Lipinski definition) is 2. The van der Waals surface area contributed by atoms with Crippen LogP contribution in [0.3, 0.4) is 0 Å². The zero-order valence-corrected chi connectivity index (χ0v) is 18.3. The largest absolute Gasteiger partial charge is 0.327 e. The van der Waals surface area contributed by atoms with Gasteiger partial charge in [0.25, 0.3) is 0 Å². The summed E-state index contributed by atoms with van der Waals surface area (Å²) in [5.41, 5.74) is 7.93. The quantitative estimate of drug-likeness (QED) is 0.659. The molecule has 4 aliphatic carbocycles. The van der Waals surface area contributed by atoms with E-state index in [9.17, 15) is 4.79 Å². The van der Waals surface area contributed by atoms with Gasteiger partial charge < -0.3 is 10.5 Å². The first kappa shape index (κ1) is 19.9. The molecule has 0 aromatic carbocycles. The topological polar surface area (TPSA) is 43.1 Å². The maximum Gasteiger partial charge on any atom is 0.129 e. The molecule has 0 aromatic rings. The highest BCUT2D eigenvalue weighted by Crippen LogP contribution is 2.68. The molecule has 4 fully saturated rings. The number of carbonyl (C=O) groups excluding carboxylic acids is 1. The van der Waals surface area contributed by atoms with E-state index in [1.807, 2.05) is 0 Å². The van der Waals surface area contributed by atoms with Crippen molar-refractivity contribution in [1.29, 1.82) is 0 Å². The van der Waals surface area contributed by atoms with Crippen LogP contribution in [0.4, 0.5) is 0 Å². The Balaban J connectivity index is 1.57. The standard InChI is InChI=1S/C25H43NO/c1-16(8-9-17(2)27)20-12-13-21-19-11-10-18-7-5-6-14-24(18,3)22(19)15-23(26)25(20,21)4/h16,18-23H,5-15,26H2,1-4H3/t16?,18?,19?,20?,21?,22?,23-,24?,25?/m0/s1. The fourth-order valence-corrected chi connectivity index (χ4v) is 8.94. The van der Waals surface area contributed by atoms with E-state index < -0.39 is 0 Å². The molecule has 8 unspecified atom stereocenters. The van der Waals surface area contributed by atoms with Gasteiger partial charge in [0.15, 0.2) is 0 Å². The van der Waals surface area contributed by atoms with E-state index in [-0.39, 0.29) is 0 Å². The van der Waals surface area contributed by atoms with Crippen molar-refractivity contribution in [1.82, 2.24) is 0 Å². The molecule has 0 amide bonds. The van der Waals surface area contributed by atoms with Gasteiger partial charge in [0.2, 0.25) is 0 Å². The molecular formula is C25H43NO. The van der Waals surface area contributed by atoms with Crippen molar-refractivity contribution in [2.24, 2.45) is 52.1 Å². The van der Waals surface area contributed by atoms with E-state index in [0.29, 0.717) is 28.6 Å². The lowest BCUT2D eigenvalue weighted by atomic mass is 9.43. The Hall–Kier alpha value is -0.370. The molecule has 4 rings (SSSR count). The predicted molar refractivity (Wildman–Crippen MR) is 112 cm³/mol. The van der Waals surface area contributed by atoms with E-state index in [2.05, 4.69) is 20.8 Å². The second-order valence-corrected chi connectivity index (χ2v) is 11.5. The van der Waals surface area contributed by atoms with Crippen molar-refractivity contribution in [3.05, 3.63) is 0 Å². The fourth-order valence-electron chi connectivity index (χ4n) is 8.94. The van der Waals surface area contributed by atoms with E-state index in [0.717, 1.165) is 42.4 Å². The first-order valence-corrected chi connectivity index (χ1v) is 12.0. The molecule has 2 N–H and O–H groups in total. The molecule has 2 heteroatoms. The van der Waals surface area contributed by atoms with Crippen LogP contribution in [0, 0.1) is 46.3 Å². The van der Waals surface area contributed by atoms with Crippen LogP contribution < -0.4 is 5.73 Å². The molecule has 0 spiro atoms. The van der Waals surface area contributed by atoms with E-state index >= 15 is 0 Å². The minimum Gasteiger partial charge on any atom is -0.327 e. The zero-order valence-electron chi connectivity index (χ0n) is 18.3. The molecule has 0 aromatic heterocycles. The van der Waals surface area contributed by atoms with Gasteiger partial charge in [-0.1, -0.05) is 33.6 Å². The highest BCUT2D eigenvalue weighted by atomic mass is 16.1. The van der Waals surface area contributed by atoms with Crippen molar-refractivity contribution in [2.45, 2.75) is 104 Å². The van der Waals surface area contributed by atoms with Gasteiger partial charge in [0, 0.05) is 12.5 Å². The van der Waals surface area contributed by atoms with Crippen LogP contribution in [0.2, 0.25) is 0 Å². The molecule has 0 aliphatic heterocycles. The average Bonchev–Trinajstić information content (AvgIpc) is 2.99. The van der Waals surface area contributed by atoms with Crippen molar-refractivity contribution < 1.29 is 4.79 Å². The second kappa shape index (κ2) is 7.15. The lowest BCUT2D eigenvalue weighted by Gasteiger charge is -2.62. The Kier molecular flexibility index (Phi) is 5.28. The van der Waals surface area contributed by atoms with Gasteiger partial charge in [-0.3, -0.25) is 0 Å². The summed E-state index contributed by atoms with van der Waals surface area (Å²) in [6, 6.07) is 0.355. The maximum absolute atomic E-state index is 11.5. The first-order valence-electron chi connectivity index (χ1n) is 12.0. The number of hydrogen-bond donors (Lipinski definition) is 1. The summed E-state index contributed by atoms with van der Waals surface area (Å²) >= 11 is 0. The third-order valence-corrected chi connectivity index (χ3v) is 10.5. The number of nitrogens with two attached hydrogens (primary N) is 1. The summed E-state index contributed by atoms with van der Waals surface area (Å²) < 4.78 is 0. The second-order valence-electron chi connectivity index (χ2n) is 11.5. The van der Waals surface area contributed by atoms with Gasteiger partial charge in [0.1, 0.15) is 5.78 Å². The van der Waals surface area contributed by atoms with Gasteiger partial charge in [-0.05, 0) is 105 Å². The molecule has 154 valence electrons. The number of fused-ring (bicyclic) bond motifs is 5. The molecule has 2 nitrogen and oxygen atoms in total. The normalized spacial score (nSPS) is 50.4. The first-order chi connectivity index (χ1) is 12.8. The van der Waals surface area contributed by atoms with Gasteiger partial charge >= 0.3 is 0 Å². The van der Waals surface area contributed by atoms with E-state index in [1.165, 1.54) is 57.8 Å². The summed E-state index contributed by atoms with van der Waals surface area (Å²) in [5.74, 6) is 5.28. The summed E-state index contributed by atoms with van der Waals surface area (Å²) in [6.45, 7) is 9.34. The third-order valence-electron chi connectivity index (χ3n) is 10.5. The minimum absolute atomic E-state index is 0.301. The Morgan fingerprint density at radius 1 is 1.07 bits per heavy atom. The maximum atomic E-state index is 11.5. The van der Waals surface area contributed by atoms with Crippen LogP contribution in [-0.4, -0.2) is 11.8 Å². The highest BCUT2D eigenvalue weighted by molar-refractivity contribution is 5.75. The van der Waals surface area contributed by atoms with E-state index in [4.69, 9.17) is 5.73 Å². The molecular weight excluding hydrogens is 330 g/mol. The van der Waals surface area contributed by atoms with Crippen LogP contribution >= 0.6 is 0 Å². The summed E-state index contributed by atoms with van der Waals surface area (Å²) in [7, 11) is 0. The Labute approximate surface area is 167 Å². The lowest BCUT2D eigenvalue weighted by molar-refractivity contribution is -0.124. The van der Waals surface area contributed by atoms with E-state index in [1.54, 1.807) is 6.92 Å². The molecule has 27 heavy (non-hydrogen) atoms. The van der Waals surface area contributed by atoms with Gasteiger partial charge in [-0.2, -0.15) is 0 Å². The molecule has 0 radical (unpaired) electrons. The van der Waals surface area contributed by atoms with Crippen LogP contribution in [-0.2, 0) is 4.79 Å². The van der Waals surface area contributed by atoms with Gasteiger partial charge in [0.05, 0.1) is 0 Å². The molecule has 9 atom stereocenters. The lowest BCUT2D eigenvalue weighted by Crippen LogP contribution is -2.60. The molecule has 4 saturated carbocycles. The monoisotopic (exact) mass is 373 g/mol. The van der Waals surface area contributed by atoms with Crippen molar-refractivity contribution in [3.8, 4) is 0 Å². The van der Waals surface area contributed by atoms with Crippen LogP contribution in [0.5, 0.6) is 0 Å². The van der Waals surface area contributed by atoms with Crippen LogP contribution in [0.15, 0.2) is 0 Å². The van der Waals surface area contributed by atoms with Crippen molar-refractivity contribution >= 4 is 5.78 Å². The fraction of sp³-hybridized carbons (Fsp3) is 0.960. The smallest absolute Gasteiger partial charge is 0.129 e. The number of Topliss-reactive ketones (excluding diaryl/α,β-unsaturated/α-hetero) is 1. The average molecular weight is 374 g/mol. The van der Waals surface area contributed by atoms with Crippen molar-refractivity contribution in [3.63, 3.8) is 0 Å². The predicted octanol–water partition coefficient (Wildman–Crippen LogP) is 5.98.